The maximum Gasteiger partial charge on any atom is 0.191 e. The summed E-state index contributed by atoms with van der Waals surface area (Å²) >= 11 is 1.70. The van der Waals surface area contributed by atoms with Crippen molar-refractivity contribution in [3.8, 4) is 5.75 Å². The van der Waals surface area contributed by atoms with E-state index >= 15 is 0 Å². The SMILES string of the molecule is CN=C(NCc1ccsc1)NCc1ccc(OC)c(C)c1.I. The van der Waals surface area contributed by atoms with Gasteiger partial charge in [-0.1, -0.05) is 12.1 Å². The largest absolute Gasteiger partial charge is 0.496 e. The third-order valence-corrected chi connectivity index (χ3v) is 3.91. The second-order valence-electron chi connectivity index (χ2n) is 4.71. The van der Waals surface area contributed by atoms with Crippen LogP contribution >= 0.6 is 35.3 Å². The fraction of sp³-hybridized carbons (Fsp3) is 0.312. The number of guanidine groups is 1. The van der Waals surface area contributed by atoms with Gasteiger partial charge in [-0.05, 0) is 46.5 Å². The molecule has 0 aliphatic rings. The lowest BCUT2D eigenvalue weighted by molar-refractivity contribution is 0.411. The number of nitrogens with zero attached hydrogens (tertiary/aromatic N) is 1. The lowest BCUT2D eigenvalue weighted by atomic mass is 10.1. The number of halogens is 1. The summed E-state index contributed by atoms with van der Waals surface area (Å²) in [5, 5.41) is 10.8. The van der Waals surface area contributed by atoms with Gasteiger partial charge in [-0.2, -0.15) is 11.3 Å². The van der Waals surface area contributed by atoms with E-state index in [1.807, 2.05) is 13.0 Å². The molecular formula is C16H22IN3OS. The van der Waals surface area contributed by atoms with Crippen LogP contribution in [0.1, 0.15) is 16.7 Å². The van der Waals surface area contributed by atoms with Gasteiger partial charge < -0.3 is 15.4 Å². The minimum atomic E-state index is 0. The van der Waals surface area contributed by atoms with Crippen LogP contribution in [0, 0.1) is 6.92 Å². The quantitative estimate of drug-likeness (QED) is 0.433. The summed E-state index contributed by atoms with van der Waals surface area (Å²) in [5.41, 5.74) is 3.60. The van der Waals surface area contributed by atoms with Crippen LogP contribution in [0.3, 0.4) is 0 Å². The first kappa shape index (κ1) is 18.8. The summed E-state index contributed by atoms with van der Waals surface area (Å²) in [6, 6.07) is 8.29. The van der Waals surface area contributed by atoms with Crippen LogP contribution < -0.4 is 15.4 Å². The molecule has 0 atom stereocenters. The van der Waals surface area contributed by atoms with Gasteiger partial charge in [0.2, 0.25) is 0 Å². The van der Waals surface area contributed by atoms with Gasteiger partial charge in [-0.15, -0.1) is 24.0 Å². The number of benzene rings is 1. The fourth-order valence-corrected chi connectivity index (χ4v) is 2.70. The zero-order valence-electron chi connectivity index (χ0n) is 13.1. The van der Waals surface area contributed by atoms with Crippen molar-refractivity contribution >= 4 is 41.3 Å². The Kier molecular flexibility index (Phi) is 8.26. The summed E-state index contributed by atoms with van der Waals surface area (Å²) in [7, 11) is 3.47. The Balaban J connectivity index is 0.00000242. The first-order chi connectivity index (χ1) is 10.2. The van der Waals surface area contributed by atoms with Crippen molar-refractivity contribution < 1.29 is 4.74 Å². The number of methoxy groups -OCH3 is 1. The second-order valence-corrected chi connectivity index (χ2v) is 5.49. The third kappa shape index (κ3) is 5.49. The highest BCUT2D eigenvalue weighted by atomic mass is 127. The van der Waals surface area contributed by atoms with E-state index in [2.05, 4.69) is 44.6 Å². The number of aryl methyl sites for hydroxylation is 1. The van der Waals surface area contributed by atoms with Crippen LogP contribution in [0.15, 0.2) is 40.0 Å². The summed E-state index contributed by atoms with van der Waals surface area (Å²) in [5.74, 6) is 1.72. The molecule has 1 heterocycles. The topological polar surface area (TPSA) is 45.7 Å². The second kappa shape index (κ2) is 9.68. The molecule has 2 N–H and O–H groups in total. The predicted octanol–water partition coefficient (Wildman–Crippen LogP) is 3.55. The number of ether oxygens (including phenoxy) is 1. The molecule has 0 saturated carbocycles. The maximum atomic E-state index is 5.27. The van der Waals surface area contributed by atoms with Crippen LogP contribution in [0.5, 0.6) is 5.75 Å². The molecule has 6 heteroatoms. The zero-order valence-corrected chi connectivity index (χ0v) is 16.2. The van der Waals surface area contributed by atoms with Gasteiger partial charge in [0.15, 0.2) is 5.96 Å². The molecule has 0 spiro atoms. The molecule has 120 valence electrons. The van der Waals surface area contributed by atoms with Crippen LogP contribution in [0.2, 0.25) is 0 Å². The van der Waals surface area contributed by atoms with Gasteiger partial charge in [-0.25, -0.2) is 0 Å². The van der Waals surface area contributed by atoms with Crippen LogP contribution in [-0.2, 0) is 13.1 Å². The van der Waals surface area contributed by atoms with Crippen LogP contribution in [0.4, 0.5) is 0 Å². The number of aliphatic imine (C=N–C) groups is 1. The average Bonchev–Trinajstić information content (AvgIpc) is 3.01. The molecule has 22 heavy (non-hydrogen) atoms. The van der Waals surface area contributed by atoms with Crippen molar-refractivity contribution in [3.05, 3.63) is 51.7 Å². The van der Waals surface area contributed by atoms with E-state index < -0.39 is 0 Å². The first-order valence-corrected chi connectivity index (χ1v) is 7.76. The maximum absolute atomic E-state index is 5.27. The van der Waals surface area contributed by atoms with Gasteiger partial charge in [0.25, 0.3) is 0 Å². The Labute approximate surface area is 153 Å². The molecule has 0 radical (unpaired) electrons. The van der Waals surface area contributed by atoms with E-state index in [-0.39, 0.29) is 24.0 Å². The zero-order chi connectivity index (χ0) is 15.1. The van der Waals surface area contributed by atoms with Gasteiger partial charge in [0.1, 0.15) is 5.75 Å². The fourth-order valence-electron chi connectivity index (χ4n) is 2.04. The lowest BCUT2D eigenvalue weighted by Gasteiger charge is -2.12. The van der Waals surface area contributed by atoms with Crippen molar-refractivity contribution in [3.63, 3.8) is 0 Å². The summed E-state index contributed by atoms with van der Waals surface area (Å²) in [4.78, 5) is 4.23. The Morgan fingerprint density at radius 2 is 1.91 bits per heavy atom. The predicted molar refractivity (Wildman–Crippen MR) is 105 cm³/mol. The average molecular weight is 431 g/mol. The minimum Gasteiger partial charge on any atom is -0.496 e. The van der Waals surface area contributed by atoms with Crippen molar-refractivity contribution in [2.75, 3.05) is 14.2 Å². The summed E-state index contributed by atoms with van der Waals surface area (Å²) < 4.78 is 5.27. The first-order valence-electron chi connectivity index (χ1n) is 6.82. The van der Waals surface area contributed by atoms with Gasteiger partial charge in [0, 0.05) is 20.1 Å². The molecule has 1 aromatic heterocycles. The highest BCUT2D eigenvalue weighted by Crippen LogP contribution is 2.18. The normalized spacial score (nSPS) is 10.8. The molecule has 2 rings (SSSR count). The molecule has 0 aliphatic heterocycles. The van der Waals surface area contributed by atoms with Gasteiger partial charge in [-0.3, -0.25) is 4.99 Å². The molecule has 1 aromatic carbocycles. The van der Waals surface area contributed by atoms with Gasteiger partial charge in [0.05, 0.1) is 7.11 Å². The summed E-state index contributed by atoms with van der Waals surface area (Å²) in [6.07, 6.45) is 0. The van der Waals surface area contributed by atoms with Crippen LogP contribution in [-0.4, -0.2) is 20.1 Å². The Bertz CT molecular complexity index is 599. The Morgan fingerprint density at radius 3 is 2.45 bits per heavy atom. The third-order valence-electron chi connectivity index (χ3n) is 3.18. The molecule has 0 unspecified atom stereocenters. The molecule has 2 aromatic rings. The van der Waals surface area contributed by atoms with Crippen molar-refractivity contribution in [1.29, 1.82) is 0 Å². The molecule has 0 saturated heterocycles. The van der Waals surface area contributed by atoms with Crippen molar-refractivity contribution in [2.24, 2.45) is 4.99 Å². The van der Waals surface area contributed by atoms with Crippen molar-refractivity contribution in [1.82, 2.24) is 10.6 Å². The highest BCUT2D eigenvalue weighted by Gasteiger charge is 2.02. The molecular weight excluding hydrogens is 409 g/mol. The van der Waals surface area contributed by atoms with E-state index in [1.165, 1.54) is 11.1 Å². The smallest absolute Gasteiger partial charge is 0.191 e. The number of nitrogens with one attached hydrogen (secondary N) is 2. The summed E-state index contributed by atoms with van der Waals surface area (Å²) in [6.45, 7) is 3.56. The van der Waals surface area contributed by atoms with E-state index in [0.29, 0.717) is 0 Å². The number of rotatable bonds is 5. The van der Waals surface area contributed by atoms with E-state index in [1.54, 1.807) is 25.5 Å². The molecule has 4 nitrogen and oxygen atoms in total. The minimum absolute atomic E-state index is 0. The molecule has 0 fully saturated rings. The van der Waals surface area contributed by atoms with Gasteiger partial charge >= 0.3 is 0 Å². The molecule has 0 bridgehead atoms. The van der Waals surface area contributed by atoms with E-state index in [4.69, 9.17) is 4.74 Å². The van der Waals surface area contributed by atoms with Crippen LogP contribution in [0.25, 0.3) is 0 Å². The standard InChI is InChI=1S/C16H21N3OS.HI/c1-12-8-13(4-5-15(12)20-3)9-18-16(17-2)19-10-14-6-7-21-11-14;/h4-8,11H,9-10H2,1-3H3,(H2,17,18,19);1H. The van der Waals surface area contributed by atoms with E-state index in [9.17, 15) is 0 Å². The molecule has 0 amide bonds. The highest BCUT2D eigenvalue weighted by molar-refractivity contribution is 14.0. The number of thiophene rings is 1. The Morgan fingerprint density at radius 1 is 1.18 bits per heavy atom. The number of hydrogen-bond donors (Lipinski definition) is 2. The Hall–Kier alpha value is -1.28. The molecule has 0 aliphatic carbocycles. The number of hydrogen-bond acceptors (Lipinski definition) is 3. The monoisotopic (exact) mass is 431 g/mol. The lowest BCUT2D eigenvalue weighted by Crippen LogP contribution is -2.36. The van der Waals surface area contributed by atoms with Crippen molar-refractivity contribution in [2.45, 2.75) is 20.0 Å². The van der Waals surface area contributed by atoms with E-state index in [0.717, 1.165) is 30.4 Å².